The summed E-state index contributed by atoms with van der Waals surface area (Å²) < 4.78 is 62.2. The van der Waals surface area contributed by atoms with Gasteiger partial charge in [0, 0.05) is 11.5 Å². The van der Waals surface area contributed by atoms with Crippen molar-refractivity contribution in [2.45, 2.75) is 9.79 Å². The van der Waals surface area contributed by atoms with Crippen LogP contribution >= 0.6 is 0 Å². The molecule has 0 heterocycles. The van der Waals surface area contributed by atoms with Crippen molar-refractivity contribution in [1.29, 1.82) is 0 Å². The van der Waals surface area contributed by atoms with Gasteiger partial charge in [-0.15, -0.1) is 0 Å². The monoisotopic (exact) mass is 384 g/mol. The first kappa shape index (κ1) is 22.6. The summed E-state index contributed by atoms with van der Waals surface area (Å²) >= 11 is 0. The summed E-state index contributed by atoms with van der Waals surface area (Å²) in [6.07, 6.45) is 0. The zero-order chi connectivity index (χ0) is 14.4. The summed E-state index contributed by atoms with van der Waals surface area (Å²) in [6.45, 7) is 0. The number of hydrogen-bond donors (Lipinski definition) is 3. The van der Waals surface area contributed by atoms with Gasteiger partial charge in [0.15, 0.2) is 0 Å². The predicted octanol–water partition coefficient (Wildman–Crippen LogP) is -0.258. The second-order valence-electron chi connectivity index (χ2n) is 3.75. The fourth-order valence-electron chi connectivity index (χ4n) is 1.71. The van der Waals surface area contributed by atoms with E-state index in [1.807, 2.05) is 0 Å². The Labute approximate surface area is 206 Å². The van der Waals surface area contributed by atoms with Gasteiger partial charge in [0.1, 0.15) is 10.6 Å². The molecule has 0 unspecified atom stereocenters. The summed E-state index contributed by atoms with van der Waals surface area (Å²) in [5, 5.41) is 9.53. The van der Waals surface area contributed by atoms with Gasteiger partial charge in [0.25, 0.3) is 20.2 Å². The molecule has 11 heteroatoms. The molecule has 0 saturated heterocycles. The van der Waals surface area contributed by atoms with Crippen LogP contribution in [0.25, 0.3) is 10.8 Å². The molecule has 0 bridgehead atoms. The van der Waals surface area contributed by atoms with Crippen LogP contribution in [0.2, 0.25) is 0 Å². The van der Waals surface area contributed by atoms with E-state index in [9.17, 15) is 21.9 Å². The van der Waals surface area contributed by atoms with E-state index in [-0.39, 0.29) is 114 Å². The fourth-order valence-corrected chi connectivity index (χ4v) is 2.98. The summed E-state index contributed by atoms with van der Waals surface area (Å²) in [6, 6.07) is 5.34. The molecule has 0 radical (unpaired) electrons. The molecular weight excluding hydrogens is 374 g/mol. The van der Waals surface area contributed by atoms with Crippen molar-refractivity contribution >= 4 is 134 Å². The number of hydrogen-bond acceptors (Lipinski definition) is 5. The molecule has 7 nitrogen and oxygen atoms in total. The number of rotatable bonds is 2. The van der Waals surface area contributed by atoms with E-state index >= 15 is 0 Å². The van der Waals surface area contributed by atoms with Gasteiger partial charge in [-0.3, -0.25) is 9.11 Å². The number of phenolic OH excluding ortho intramolecular Hbond substituents is 1. The molecule has 21 heavy (non-hydrogen) atoms. The van der Waals surface area contributed by atoms with E-state index in [1.54, 1.807) is 0 Å². The van der Waals surface area contributed by atoms with Crippen LogP contribution in [0.4, 0.5) is 0 Å². The third-order valence-electron chi connectivity index (χ3n) is 2.47. The van der Waals surface area contributed by atoms with Crippen LogP contribution in [0.15, 0.2) is 40.1 Å². The first-order valence-corrected chi connectivity index (χ1v) is 7.69. The van der Waals surface area contributed by atoms with Gasteiger partial charge in [0.05, 0.1) is 4.90 Å². The van der Waals surface area contributed by atoms with E-state index in [2.05, 4.69) is 0 Å². The van der Waals surface area contributed by atoms with E-state index in [1.165, 1.54) is 12.1 Å². The average Bonchev–Trinajstić information content (AvgIpc) is 2.25. The third kappa shape index (κ3) is 5.29. The predicted molar refractivity (Wildman–Crippen MR) is 79.5 cm³/mol. The summed E-state index contributed by atoms with van der Waals surface area (Å²) in [7, 11) is -9.11. The Morgan fingerprint density at radius 1 is 0.857 bits per heavy atom. The van der Waals surface area contributed by atoms with Crippen LogP contribution in [0.3, 0.4) is 0 Å². The van der Waals surface area contributed by atoms with Crippen LogP contribution in [0.5, 0.6) is 5.75 Å². The van der Waals surface area contributed by atoms with Gasteiger partial charge in [-0.1, -0.05) is 12.1 Å². The maximum atomic E-state index is 11.2. The van der Waals surface area contributed by atoms with Gasteiger partial charge in [0.2, 0.25) is 0 Å². The third-order valence-corrected chi connectivity index (χ3v) is 4.19. The molecule has 0 fully saturated rings. The van der Waals surface area contributed by atoms with Crippen molar-refractivity contribution in [2.24, 2.45) is 0 Å². The second-order valence-corrected chi connectivity index (χ2v) is 6.56. The Kier molecular flexibility index (Phi) is 8.73. The molecule has 3 N–H and O–H groups in total. The van der Waals surface area contributed by atoms with Crippen LogP contribution in [-0.2, 0) is 20.2 Å². The summed E-state index contributed by atoms with van der Waals surface area (Å²) in [5.41, 5.74) is 0. The van der Waals surface area contributed by atoms with Crippen molar-refractivity contribution in [1.82, 2.24) is 0 Å². The molecule has 0 aromatic heterocycles. The molecule has 0 spiro atoms. The Morgan fingerprint density at radius 2 is 1.43 bits per heavy atom. The normalized spacial score (nSPS) is 11.5. The minimum atomic E-state index is -4.57. The number of aromatic hydroxyl groups is 1. The Bertz CT molecular complexity index is 876. The minimum absolute atomic E-state index is 0. The topological polar surface area (TPSA) is 129 Å². The van der Waals surface area contributed by atoms with Crippen LogP contribution < -0.4 is 0 Å². The van der Waals surface area contributed by atoms with Crippen molar-refractivity contribution in [3.63, 3.8) is 0 Å². The Morgan fingerprint density at radius 3 is 1.90 bits per heavy atom. The average molecular weight is 385 g/mol. The molecule has 0 aliphatic rings. The number of fused-ring (bicyclic) bond motifs is 1. The van der Waals surface area contributed by atoms with Crippen LogP contribution in [0.1, 0.15) is 0 Å². The van der Waals surface area contributed by atoms with Crippen molar-refractivity contribution in [3.05, 3.63) is 30.3 Å². The zero-order valence-corrected chi connectivity index (χ0v) is 10.8. The molecular formula is C10H10K2O7S2. The van der Waals surface area contributed by atoms with Gasteiger partial charge in [-0.25, -0.2) is 0 Å². The Hall–Kier alpha value is 1.59. The van der Waals surface area contributed by atoms with E-state index in [4.69, 9.17) is 9.11 Å². The first-order chi connectivity index (χ1) is 8.60. The number of benzene rings is 2. The first-order valence-electron chi connectivity index (χ1n) is 4.81. The molecule has 2 rings (SSSR count). The zero-order valence-electron chi connectivity index (χ0n) is 9.18. The van der Waals surface area contributed by atoms with Gasteiger partial charge >= 0.3 is 103 Å². The fraction of sp³-hybridized carbons (Fsp3) is 0. The summed E-state index contributed by atoms with van der Waals surface area (Å²) in [4.78, 5) is -1.13. The molecule has 2 aromatic rings. The van der Waals surface area contributed by atoms with Crippen molar-refractivity contribution in [3.8, 4) is 5.75 Å². The van der Waals surface area contributed by atoms with E-state index in [0.29, 0.717) is 6.07 Å². The molecule has 0 aliphatic heterocycles. The molecule has 0 aliphatic carbocycles. The number of phenols is 1. The molecule has 0 atom stereocenters. The summed E-state index contributed by atoms with van der Waals surface area (Å²) in [5.74, 6) is -0.682. The van der Waals surface area contributed by atoms with Gasteiger partial charge in [-0.05, 0) is 17.5 Å². The molecule has 106 valence electrons. The van der Waals surface area contributed by atoms with Crippen molar-refractivity contribution < 1.29 is 31.0 Å². The van der Waals surface area contributed by atoms with Crippen molar-refractivity contribution in [2.75, 3.05) is 0 Å². The standard InChI is InChI=1S/C10H8O7S2.2K.2H/c11-8-5-7(18(12,13)14)4-6-2-1-3-9(10(6)8)19(15,16)17;;;;/h1-5,11H,(H,12,13,14)(H,15,16,17);;;;. The second kappa shape index (κ2) is 8.11. The maximum absolute atomic E-state index is 11.2. The Balaban J connectivity index is 0.00000200. The van der Waals surface area contributed by atoms with E-state index in [0.717, 1.165) is 12.1 Å². The van der Waals surface area contributed by atoms with Crippen LogP contribution in [0, 0.1) is 0 Å². The van der Waals surface area contributed by atoms with Gasteiger partial charge in [-0.2, -0.15) is 16.8 Å². The molecule has 0 amide bonds. The molecule has 2 aromatic carbocycles. The van der Waals surface area contributed by atoms with Crippen LogP contribution in [-0.4, -0.2) is 134 Å². The quantitative estimate of drug-likeness (QED) is 0.480. The SMILES string of the molecule is O=S(=O)(O)c1cc(O)c2c(S(=O)(=O)O)cccc2c1.[KH].[KH]. The van der Waals surface area contributed by atoms with Gasteiger partial charge < -0.3 is 5.11 Å². The van der Waals surface area contributed by atoms with E-state index < -0.39 is 35.8 Å². The molecule has 0 saturated carbocycles.